The van der Waals surface area contributed by atoms with Crippen LogP contribution >= 0.6 is 11.6 Å². The third-order valence-corrected chi connectivity index (χ3v) is 4.78. The minimum Gasteiger partial charge on any atom is -0.356 e. The molecule has 1 saturated heterocycles. The molecule has 1 amide bonds. The summed E-state index contributed by atoms with van der Waals surface area (Å²) >= 11 is 5.88. The fourth-order valence-electron chi connectivity index (χ4n) is 3.22. The van der Waals surface area contributed by atoms with Gasteiger partial charge in [0.05, 0.1) is 10.7 Å². The van der Waals surface area contributed by atoms with Crippen LogP contribution in [0.2, 0.25) is 5.02 Å². The second-order valence-electron chi connectivity index (χ2n) is 6.35. The van der Waals surface area contributed by atoms with Crippen LogP contribution in [-0.2, 0) is 4.79 Å². The molecular formula is C18H15ClF2N4O2. The molecule has 1 unspecified atom stereocenters. The van der Waals surface area contributed by atoms with Gasteiger partial charge in [-0.05, 0) is 31.0 Å². The van der Waals surface area contributed by atoms with Gasteiger partial charge in [0.25, 0.3) is 5.89 Å². The summed E-state index contributed by atoms with van der Waals surface area (Å²) in [5.74, 6) is -1.88. The molecule has 0 bridgehead atoms. The average Bonchev–Trinajstić information content (AvgIpc) is 3.25. The van der Waals surface area contributed by atoms with Gasteiger partial charge >= 0.3 is 0 Å². The van der Waals surface area contributed by atoms with Crippen molar-refractivity contribution in [2.24, 2.45) is 0 Å². The Bertz CT molecular complexity index is 987. The van der Waals surface area contributed by atoms with Crippen molar-refractivity contribution in [3.05, 3.63) is 52.9 Å². The maximum Gasteiger partial charge on any atom is 0.274 e. The second kappa shape index (κ2) is 7.11. The summed E-state index contributed by atoms with van der Waals surface area (Å²) in [7, 11) is 0. The predicted molar refractivity (Wildman–Crippen MR) is 94.4 cm³/mol. The van der Waals surface area contributed by atoms with E-state index in [4.69, 9.17) is 16.1 Å². The van der Waals surface area contributed by atoms with Crippen molar-refractivity contribution in [3.8, 4) is 11.6 Å². The molecule has 0 aliphatic carbocycles. The van der Waals surface area contributed by atoms with E-state index in [1.807, 2.05) is 0 Å². The van der Waals surface area contributed by atoms with Crippen LogP contribution in [0.15, 0.2) is 35.0 Å². The van der Waals surface area contributed by atoms with Gasteiger partial charge in [-0.1, -0.05) is 22.8 Å². The Labute approximate surface area is 158 Å². The molecule has 6 nitrogen and oxygen atoms in total. The number of carbonyl (C=O) groups is 1. The van der Waals surface area contributed by atoms with E-state index >= 15 is 0 Å². The first-order valence-electron chi connectivity index (χ1n) is 8.45. The highest BCUT2D eigenvalue weighted by Crippen LogP contribution is 2.32. The third kappa shape index (κ3) is 3.44. The van der Waals surface area contributed by atoms with Gasteiger partial charge in [0.1, 0.15) is 5.69 Å². The van der Waals surface area contributed by atoms with Gasteiger partial charge in [-0.15, -0.1) is 0 Å². The second-order valence-corrected chi connectivity index (χ2v) is 6.79. The molecule has 1 aromatic carbocycles. The summed E-state index contributed by atoms with van der Waals surface area (Å²) < 4.78 is 32.8. The van der Waals surface area contributed by atoms with Crippen LogP contribution in [-0.4, -0.2) is 27.6 Å². The van der Waals surface area contributed by atoms with Crippen molar-refractivity contribution in [3.63, 3.8) is 0 Å². The molecule has 1 aliphatic heterocycles. The summed E-state index contributed by atoms with van der Waals surface area (Å²) in [5.41, 5.74) is 0.539. The summed E-state index contributed by atoms with van der Waals surface area (Å²) in [6.45, 7) is 0.298. The SMILES string of the molecule is O=C1CC(c2noc(-c3cc(Cl)c[nH]3)n2)CCCN1c1cccc(F)c1F. The smallest absolute Gasteiger partial charge is 0.274 e. The third-order valence-electron chi connectivity index (χ3n) is 4.56. The zero-order valence-electron chi connectivity index (χ0n) is 14.1. The Kier molecular flexibility index (Phi) is 4.65. The van der Waals surface area contributed by atoms with Crippen molar-refractivity contribution in [1.82, 2.24) is 15.1 Å². The molecule has 1 aliphatic rings. The highest BCUT2D eigenvalue weighted by atomic mass is 35.5. The molecule has 1 atom stereocenters. The number of benzene rings is 1. The molecule has 3 heterocycles. The van der Waals surface area contributed by atoms with E-state index in [0.717, 1.165) is 6.07 Å². The Hall–Kier alpha value is -2.74. The summed E-state index contributed by atoms with van der Waals surface area (Å²) in [6, 6.07) is 5.47. The predicted octanol–water partition coefficient (Wildman–Crippen LogP) is 4.30. The van der Waals surface area contributed by atoms with E-state index in [1.165, 1.54) is 17.0 Å². The Balaban J connectivity index is 1.55. The largest absolute Gasteiger partial charge is 0.356 e. The van der Waals surface area contributed by atoms with Crippen LogP contribution in [0.25, 0.3) is 11.6 Å². The lowest BCUT2D eigenvalue weighted by atomic mass is 10.00. The Morgan fingerprint density at radius 1 is 1.33 bits per heavy atom. The molecule has 3 aromatic rings. The first-order chi connectivity index (χ1) is 13.0. The van der Waals surface area contributed by atoms with Crippen LogP contribution in [0.3, 0.4) is 0 Å². The normalized spacial score (nSPS) is 18.0. The molecule has 2 aromatic heterocycles. The number of amides is 1. The monoisotopic (exact) mass is 392 g/mol. The number of nitrogens with one attached hydrogen (secondary N) is 1. The van der Waals surface area contributed by atoms with E-state index < -0.39 is 11.6 Å². The minimum atomic E-state index is -1.02. The summed E-state index contributed by atoms with van der Waals surface area (Å²) in [5, 5.41) is 4.49. The molecule has 0 radical (unpaired) electrons. The lowest BCUT2D eigenvalue weighted by Crippen LogP contribution is -2.31. The van der Waals surface area contributed by atoms with Crippen LogP contribution < -0.4 is 4.90 Å². The first-order valence-corrected chi connectivity index (χ1v) is 8.83. The van der Waals surface area contributed by atoms with Crippen molar-refractivity contribution in [1.29, 1.82) is 0 Å². The van der Waals surface area contributed by atoms with E-state index in [2.05, 4.69) is 15.1 Å². The standard InChI is InChI=1S/C18H15ClF2N4O2/c19-11-8-13(22-9-11)18-23-17(24-27-18)10-3-2-6-25(15(26)7-10)14-5-1-4-12(20)16(14)21/h1,4-5,8-10,22H,2-3,6-7H2. The quantitative estimate of drug-likeness (QED) is 0.721. The van der Waals surface area contributed by atoms with Gasteiger partial charge in [-0.25, -0.2) is 8.78 Å². The fraction of sp³-hybridized carbons (Fsp3) is 0.278. The van der Waals surface area contributed by atoms with Gasteiger partial charge in [-0.3, -0.25) is 4.79 Å². The number of aromatic amines is 1. The molecule has 9 heteroatoms. The molecule has 0 spiro atoms. The fourth-order valence-corrected chi connectivity index (χ4v) is 3.38. The van der Waals surface area contributed by atoms with Crippen molar-refractivity contribution < 1.29 is 18.1 Å². The number of rotatable bonds is 3. The van der Waals surface area contributed by atoms with Gasteiger partial charge in [0, 0.05) is 25.1 Å². The zero-order chi connectivity index (χ0) is 19.0. The van der Waals surface area contributed by atoms with Crippen LogP contribution in [0.1, 0.15) is 31.0 Å². The topological polar surface area (TPSA) is 75.0 Å². The van der Waals surface area contributed by atoms with Crippen LogP contribution in [0, 0.1) is 11.6 Å². The number of anilines is 1. The molecule has 140 valence electrons. The number of halogens is 3. The highest BCUT2D eigenvalue weighted by molar-refractivity contribution is 6.30. The van der Waals surface area contributed by atoms with E-state index in [1.54, 1.807) is 12.3 Å². The maximum absolute atomic E-state index is 14.1. The average molecular weight is 393 g/mol. The number of hydrogen-bond donors (Lipinski definition) is 1. The van der Waals surface area contributed by atoms with Crippen molar-refractivity contribution in [2.45, 2.75) is 25.2 Å². The van der Waals surface area contributed by atoms with E-state index in [-0.39, 0.29) is 29.8 Å². The zero-order valence-corrected chi connectivity index (χ0v) is 14.8. The molecule has 1 N–H and O–H groups in total. The number of aromatic nitrogens is 3. The minimum absolute atomic E-state index is 0.0459. The Morgan fingerprint density at radius 3 is 2.96 bits per heavy atom. The lowest BCUT2D eigenvalue weighted by molar-refractivity contribution is -0.118. The van der Waals surface area contributed by atoms with Crippen LogP contribution in [0.4, 0.5) is 14.5 Å². The maximum atomic E-state index is 14.1. The number of nitrogens with zero attached hydrogens (tertiary/aromatic N) is 3. The van der Waals surface area contributed by atoms with Gasteiger partial charge in [0.15, 0.2) is 17.5 Å². The van der Waals surface area contributed by atoms with E-state index in [9.17, 15) is 13.6 Å². The molecule has 27 heavy (non-hydrogen) atoms. The van der Waals surface area contributed by atoms with E-state index in [0.29, 0.717) is 35.9 Å². The van der Waals surface area contributed by atoms with Crippen molar-refractivity contribution in [2.75, 3.05) is 11.4 Å². The van der Waals surface area contributed by atoms with Gasteiger partial charge in [0.2, 0.25) is 5.91 Å². The number of hydrogen-bond acceptors (Lipinski definition) is 4. The van der Waals surface area contributed by atoms with Gasteiger partial charge < -0.3 is 14.4 Å². The van der Waals surface area contributed by atoms with Gasteiger partial charge in [-0.2, -0.15) is 4.98 Å². The lowest BCUT2D eigenvalue weighted by Gasteiger charge is -2.21. The number of H-pyrrole nitrogens is 1. The Morgan fingerprint density at radius 2 is 2.19 bits per heavy atom. The molecule has 0 saturated carbocycles. The summed E-state index contributed by atoms with van der Waals surface area (Å²) in [6.07, 6.45) is 2.91. The molecule has 4 rings (SSSR count). The van der Waals surface area contributed by atoms with Crippen molar-refractivity contribution >= 4 is 23.2 Å². The first kappa shape index (κ1) is 17.7. The molecular weight excluding hydrogens is 378 g/mol. The summed E-state index contributed by atoms with van der Waals surface area (Å²) in [4.78, 5) is 21.2. The number of carbonyl (C=O) groups excluding carboxylic acids is 1. The van der Waals surface area contributed by atoms with Crippen LogP contribution in [0.5, 0.6) is 0 Å². The molecule has 1 fully saturated rings. The highest BCUT2D eigenvalue weighted by Gasteiger charge is 2.30.